The number of nitrogens with two attached hydrogens (primary N) is 1. The Hall–Kier alpha value is -0.120. The molecular weight excluding hydrogens is 186 g/mol. The van der Waals surface area contributed by atoms with Crippen LogP contribution < -0.4 is 11.1 Å². The van der Waals surface area contributed by atoms with Gasteiger partial charge in [0.05, 0.1) is 0 Å². The van der Waals surface area contributed by atoms with Crippen LogP contribution in [0.1, 0.15) is 38.5 Å². The van der Waals surface area contributed by atoms with E-state index >= 15 is 0 Å². The van der Waals surface area contributed by atoms with Crippen molar-refractivity contribution in [1.29, 1.82) is 0 Å². The average Bonchev–Trinajstić information content (AvgIpc) is 2.32. The third-order valence-corrected chi connectivity index (χ3v) is 4.17. The Kier molecular flexibility index (Phi) is 4.00. The monoisotopic (exact) mass is 211 g/mol. The molecule has 0 bridgehead atoms. The molecule has 0 saturated carbocycles. The van der Waals surface area contributed by atoms with Gasteiger partial charge in [0.1, 0.15) is 0 Å². The number of piperidine rings is 2. The van der Waals surface area contributed by atoms with E-state index in [0.29, 0.717) is 5.54 Å². The predicted octanol–water partition coefficient (Wildman–Crippen LogP) is 0.943. The number of nitrogens with one attached hydrogen (secondary N) is 1. The number of likely N-dealkylation sites (tertiary alicyclic amines) is 1. The van der Waals surface area contributed by atoms with Gasteiger partial charge in [0.15, 0.2) is 0 Å². The smallest absolute Gasteiger partial charge is 0.0245 e. The molecule has 15 heavy (non-hydrogen) atoms. The Bertz CT molecular complexity index is 176. The van der Waals surface area contributed by atoms with E-state index in [1.54, 1.807) is 0 Å². The second-order valence-electron chi connectivity index (χ2n) is 5.06. The summed E-state index contributed by atoms with van der Waals surface area (Å²) >= 11 is 0. The lowest BCUT2D eigenvalue weighted by Crippen LogP contribution is -2.56. The van der Waals surface area contributed by atoms with Crippen molar-refractivity contribution in [2.24, 2.45) is 5.73 Å². The molecule has 3 N–H and O–H groups in total. The summed E-state index contributed by atoms with van der Waals surface area (Å²) in [5.74, 6) is 0. The molecule has 0 aliphatic carbocycles. The fourth-order valence-electron chi connectivity index (χ4n) is 3.25. The molecule has 0 spiro atoms. The van der Waals surface area contributed by atoms with Gasteiger partial charge in [0, 0.05) is 5.54 Å². The molecule has 88 valence electrons. The Morgan fingerprint density at radius 1 is 1.07 bits per heavy atom. The zero-order chi connectivity index (χ0) is 10.6. The van der Waals surface area contributed by atoms with E-state index in [9.17, 15) is 0 Å². The molecule has 3 heteroatoms. The Morgan fingerprint density at radius 2 is 1.73 bits per heavy atom. The Labute approximate surface area is 93.4 Å². The van der Waals surface area contributed by atoms with Gasteiger partial charge in [-0.15, -0.1) is 0 Å². The first-order chi connectivity index (χ1) is 7.37. The van der Waals surface area contributed by atoms with E-state index in [1.165, 1.54) is 64.7 Å². The fraction of sp³-hybridized carbons (Fsp3) is 1.00. The summed E-state index contributed by atoms with van der Waals surface area (Å²) in [4.78, 5) is 2.74. The summed E-state index contributed by atoms with van der Waals surface area (Å²) < 4.78 is 0. The lowest BCUT2D eigenvalue weighted by molar-refractivity contribution is 0.0339. The SMILES string of the molecule is NCCC1(N2CCCCC2)CCNCC1. The lowest BCUT2D eigenvalue weighted by atomic mass is 9.82. The second-order valence-corrected chi connectivity index (χ2v) is 5.06. The minimum Gasteiger partial charge on any atom is -0.330 e. The molecule has 0 aromatic carbocycles. The van der Waals surface area contributed by atoms with E-state index in [2.05, 4.69) is 10.2 Å². The van der Waals surface area contributed by atoms with Crippen LogP contribution in [0.3, 0.4) is 0 Å². The molecular formula is C12H25N3. The maximum absolute atomic E-state index is 5.80. The van der Waals surface area contributed by atoms with Gasteiger partial charge in [-0.3, -0.25) is 4.90 Å². The first-order valence-electron chi connectivity index (χ1n) is 6.53. The maximum Gasteiger partial charge on any atom is 0.0245 e. The van der Waals surface area contributed by atoms with Crippen LogP contribution in [-0.4, -0.2) is 43.2 Å². The topological polar surface area (TPSA) is 41.3 Å². The van der Waals surface area contributed by atoms with Crippen molar-refractivity contribution in [3.05, 3.63) is 0 Å². The number of hydrogen-bond acceptors (Lipinski definition) is 3. The fourth-order valence-corrected chi connectivity index (χ4v) is 3.25. The average molecular weight is 211 g/mol. The lowest BCUT2D eigenvalue weighted by Gasteiger charge is -2.48. The van der Waals surface area contributed by atoms with Gasteiger partial charge in [-0.2, -0.15) is 0 Å². The highest BCUT2D eigenvalue weighted by molar-refractivity contribution is 4.95. The van der Waals surface area contributed by atoms with Crippen molar-refractivity contribution < 1.29 is 0 Å². The van der Waals surface area contributed by atoms with E-state index < -0.39 is 0 Å². The third-order valence-electron chi connectivity index (χ3n) is 4.17. The number of hydrogen-bond donors (Lipinski definition) is 2. The van der Waals surface area contributed by atoms with Crippen molar-refractivity contribution in [3.8, 4) is 0 Å². The molecule has 0 atom stereocenters. The van der Waals surface area contributed by atoms with Crippen molar-refractivity contribution >= 4 is 0 Å². The molecule has 0 amide bonds. The van der Waals surface area contributed by atoms with E-state index in [1.807, 2.05) is 0 Å². The normalized spacial score (nSPS) is 27.8. The van der Waals surface area contributed by atoms with Gasteiger partial charge >= 0.3 is 0 Å². The zero-order valence-electron chi connectivity index (χ0n) is 9.80. The molecule has 0 aromatic rings. The first-order valence-corrected chi connectivity index (χ1v) is 6.53. The Balaban J connectivity index is 2.01. The summed E-state index contributed by atoms with van der Waals surface area (Å²) in [6, 6.07) is 0. The highest BCUT2D eigenvalue weighted by Gasteiger charge is 2.37. The molecule has 2 fully saturated rings. The van der Waals surface area contributed by atoms with Gasteiger partial charge < -0.3 is 11.1 Å². The second kappa shape index (κ2) is 5.28. The van der Waals surface area contributed by atoms with E-state index in [0.717, 1.165) is 6.54 Å². The van der Waals surface area contributed by atoms with Crippen LogP contribution in [0.5, 0.6) is 0 Å². The van der Waals surface area contributed by atoms with Gasteiger partial charge in [0.2, 0.25) is 0 Å². The van der Waals surface area contributed by atoms with E-state index in [4.69, 9.17) is 5.73 Å². The largest absolute Gasteiger partial charge is 0.330 e. The van der Waals surface area contributed by atoms with Crippen molar-refractivity contribution in [2.75, 3.05) is 32.7 Å². The van der Waals surface area contributed by atoms with Crippen molar-refractivity contribution in [3.63, 3.8) is 0 Å². The van der Waals surface area contributed by atoms with Crippen LogP contribution in [0.4, 0.5) is 0 Å². The molecule has 0 radical (unpaired) electrons. The van der Waals surface area contributed by atoms with Crippen LogP contribution >= 0.6 is 0 Å². The summed E-state index contributed by atoms with van der Waals surface area (Å²) in [5.41, 5.74) is 6.25. The van der Waals surface area contributed by atoms with Crippen LogP contribution in [0.25, 0.3) is 0 Å². The maximum atomic E-state index is 5.80. The molecule has 2 aliphatic rings. The zero-order valence-corrected chi connectivity index (χ0v) is 9.80. The number of rotatable bonds is 3. The quantitative estimate of drug-likeness (QED) is 0.730. The highest BCUT2D eigenvalue weighted by atomic mass is 15.2. The van der Waals surface area contributed by atoms with Crippen LogP contribution in [0, 0.1) is 0 Å². The molecule has 2 heterocycles. The Morgan fingerprint density at radius 3 is 2.33 bits per heavy atom. The van der Waals surface area contributed by atoms with Crippen molar-refractivity contribution in [2.45, 2.75) is 44.1 Å². The van der Waals surface area contributed by atoms with Gasteiger partial charge in [-0.05, 0) is 64.8 Å². The molecule has 2 rings (SSSR count). The summed E-state index contributed by atoms with van der Waals surface area (Å²) in [6.07, 6.45) is 7.98. The van der Waals surface area contributed by atoms with Crippen molar-refractivity contribution in [1.82, 2.24) is 10.2 Å². The molecule has 2 saturated heterocycles. The third kappa shape index (κ3) is 2.52. The molecule has 0 unspecified atom stereocenters. The summed E-state index contributed by atoms with van der Waals surface area (Å²) in [7, 11) is 0. The molecule has 0 aromatic heterocycles. The van der Waals surface area contributed by atoms with Crippen LogP contribution in [-0.2, 0) is 0 Å². The van der Waals surface area contributed by atoms with Gasteiger partial charge in [-0.25, -0.2) is 0 Å². The number of nitrogens with zero attached hydrogens (tertiary/aromatic N) is 1. The summed E-state index contributed by atoms with van der Waals surface area (Å²) in [5, 5.41) is 3.47. The standard InChI is InChI=1S/C12H25N3/c13-7-4-12(5-8-14-9-6-12)15-10-2-1-3-11-15/h14H,1-11,13H2. The highest BCUT2D eigenvalue weighted by Crippen LogP contribution is 2.31. The van der Waals surface area contributed by atoms with Crippen LogP contribution in [0.2, 0.25) is 0 Å². The first kappa shape index (κ1) is 11.4. The molecule has 3 nitrogen and oxygen atoms in total. The minimum atomic E-state index is 0.445. The van der Waals surface area contributed by atoms with Crippen LogP contribution in [0.15, 0.2) is 0 Å². The van der Waals surface area contributed by atoms with E-state index in [-0.39, 0.29) is 0 Å². The minimum absolute atomic E-state index is 0.445. The van der Waals surface area contributed by atoms with Gasteiger partial charge in [0.25, 0.3) is 0 Å². The molecule has 2 aliphatic heterocycles. The summed E-state index contributed by atoms with van der Waals surface area (Å²) in [6.45, 7) is 5.81. The predicted molar refractivity (Wildman–Crippen MR) is 63.9 cm³/mol. The van der Waals surface area contributed by atoms with Gasteiger partial charge in [-0.1, -0.05) is 6.42 Å².